The number of carboxylic acids is 2. The average molecular weight is 956 g/mol. The minimum Gasteiger partial charge on any atom is -0.481 e. The van der Waals surface area contributed by atoms with Crippen LogP contribution in [0.3, 0.4) is 0 Å². The van der Waals surface area contributed by atoms with Gasteiger partial charge in [0.2, 0.25) is 47.3 Å². The van der Waals surface area contributed by atoms with Crippen molar-refractivity contribution in [1.82, 2.24) is 37.2 Å². The molecule has 19 N–H and O–H groups in total. The number of nitrogens with zero attached hydrogens (tertiary/aromatic N) is 1. The summed E-state index contributed by atoms with van der Waals surface area (Å²) in [6.45, 7) is 12.0. The molecule has 11 atom stereocenters. The minimum atomic E-state index is -1.55. The van der Waals surface area contributed by atoms with Crippen LogP contribution in [-0.2, 0) is 47.9 Å². The number of rotatable bonds is 34. The highest BCUT2D eigenvalue weighted by molar-refractivity contribution is 5.98. The number of unbranched alkanes of at least 4 members (excludes halogenated alkanes) is 1. The monoisotopic (exact) mass is 956 g/mol. The van der Waals surface area contributed by atoms with Gasteiger partial charge in [-0.15, -0.1) is 0 Å². The number of primary amides is 1. The van der Waals surface area contributed by atoms with Crippen LogP contribution in [0.1, 0.15) is 119 Å². The Kier molecular flexibility index (Phi) is 28.8. The number of guanidine groups is 1. The van der Waals surface area contributed by atoms with Crippen molar-refractivity contribution in [2.24, 2.45) is 51.4 Å². The SMILES string of the molecule is CC[C@H](C)[C@H](NC(=O)[C@H](CC(N)=O)NC(=O)[C@@H](N)CCCN=C(N)N)C(=O)N[C@@H](C)C(=O)N[C@@H](CCC(=O)O)C(=O)N[C@H](C(=O)N[C@H](C(=O)N[C@@H](CCCCN)C(=O)O)[C@@H](C)CC)[C@@H](C)CC. The Morgan fingerprint density at radius 1 is 0.522 bits per heavy atom. The Balaban J connectivity index is 6.29. The van der Waals surface area contributed by atoms with Crippen molar-refractivity contribution < 1.29 is 58.2 Å². The molecule has 0 rings (SSSR count). The maximum absolute atomic E-state index is 13.9. The van der Waals surface area contributed by atoms with Gasteiger partial charge in [-0.3, -0.25) is 48.1 Å². The second-order valence-electron chi connectivity index (χ2n) is 16.8. The summed E-state index contributed by atoms with van der Waals surface area (Å²) in [6.07, 6.45) is 0.888. The van der Waals surface area contributed by atoms with E-state index in [2.05, 4.69) is 42.2 Å². The van der Waals surface area contributed by atoms with E-state index in [4.69, 9.17) is 28.7 Å². The van der Waals surface area contributed by atoms with Gasteiger partial charge < -0.3 is 76.1 Å². The fourth-order valence-electron chi connectivity index (χ4n) is 6.41. The first-order chi connectivity index (χ1) is 31.3. The van der Waals surface area contributed by atoms with Gasteiger partial charge in [0, 0.05) is 13.0 Å². The summed E-state index contributed by atoms with van der Waals surface area (Å²) in [7, 11) is 0. The Morgan fingerprint density at radius 2 is 0.970 bits per heavy atom. The van der Waals surface area contributed by atoms with Crippen molar-refractivity contribution in [1.29, 1.82) is 0 Å². The first-order valence-electron chi connectivity index (χ1n) is 22.7. The first kappa shape index (κ1) is 60.9. The lowest BCUT2D eigenvalue weighted by Gasteiger charge is -2.31. The summed E-state index contributed by atoms with van der Waals surface area (Å²) in [5.74, 6) is -11.4. The molecule has 0 spiro atoms. The molecular weight excluding hydrogens is 879 g/mol. The van der Waals surface area contributed by atoms with Crippen molar-refractivity contribution in [3.63, 3.8) is 0 Å². The van der Waals surface area contributed by atoms with E-state index >= 15 is 0 Å². The van der Waals surface area contributed by atoms with Crippen molar-refractivity contribution in [2.45, 2.75) is 167 Å². The molecule has 0 aromatic rings. The minimum absolute atomic E-state index is 0.104. The largest absolute Gasteiger partial charge is 0.481 e. The summed E-state index contributed by atoms with van der Waals surface area (Å²) in [5.41, 5.74) is 27.4. The molecule has 0 aromatic carbocycles. The Morgan fingerprint density at radius 3 is 1.42 bits per heavy atom. The molecule has 67 heavy (non-hydrogen) atoms. The van der Waals surface area contributed by atoms with E-state index in [1.54, 1.807) is 41.5 Å². The van der Waals surface area contributed by atoms with Gasteiger partial charge in [0.15, 0.2) is 5.96 Å². The average Bonchev–Trinajstić information content (AvgIpc) is 3.26. The lowest BCUT2D eigenvalue weighted by atomic mass is 9.94. The number of aliphatic carboxylic acids is 2. The normalized spacial score (nSPS) is 16.0. The quantitative estimate of drug-likeness (QED) is 0.0172. The van der Waals surface area contributed by atoms with Gasteiger partial charge in [-0.2, -0.15) is 0 Å². The van der Waals surface area contributed by atoms with Crippen LogP contribution in [0.4, 0.5) is 0 Å². The molecular formula is C42H77N13O12. The summed E-state index contributed by atoms with van der Waals surface area (Å²) < 4.78 is 0. The zero-order valence-electron chi connectivity index (χ0n) is 39.9. The number of hydrogen-bond donors (Lipinski definition) is 14. The standard InChI is InChI=1S/C42H77N13O12/c1-8-21(4)31(54-37(62)28(20-29(45)56)52-35(60)25(44)14-13-19-48-42(46)47)38(63)49-24(7)34(59)50-26(16-17-30(57)58)36(61)53-33(23(6)10-3)40(65)55-32(22(5)9-2)39(64)51-27(41(66)67)15-11-12-18-43/h21-28,31-33H,8-20,43-44H2,1-7H3,(H2,45,56)(H,49,63)(H,50,59)(H,51,64)(H,52,60)(H,53,61)(H,54,62)(H,55,65)(H,57,58)(H,66,67)(H4,46,47,48)/t21-,22-,23-,24-,25-,26-,27-,28-,31-,32-,33-/m0/s1. The third-order valence-corrected chi connectivity index (χ3v) is 11.3. The predicted molar refractivity (Wildman–Crippen MR) is 247 cm³/mol. The molecule has 25 heteroatoms. The number of amides is 8. The van der Waals surface area contributed by atoms with E-state index in [0.717, 1.165) is 0 Å². The molecule has 25 nitrogen and oxygen atoms in total. The highest BCUT2D eigenvalue weighted by Crippen LogP contribution is 2.15. The summed E-state index contributed by atoms with van der Waals surface area (Å²) >= 11 is 0. The lowest BCUT2D eigenvalue weighted by molar-refractivity contribution is -0.143. The number of aliphatic imine (C=N–C) groups is 1. The van der Waals surface area contributed by atoms with Gasteiger partial charge in [-0.1, -0.05) is 60.8 Å². The zero-order chi connectivity index (χ0) is 51.6. The molecule has 382 valence electrons. The molecule has 0 saturated heterocycles. The highest BCUT2D eigenvalue weighted by atomic mass is 16.4. The van der Waals surface area contributed by atoms with Crippen LogP contribution in [0.15, 0.2) is 4.99 Å². The zero-order valence-corrected chi connectivity index (χ0v) is 39.9. The molecule has 0 aliphatic carbocycles. The maximum Gasteiger partial charge on any atom is 0.326 e. The first-order valence-corrected chi connectivity index (χ1v) is 22.7. The van der Waals surface area contributed by atoms with Gasteiger partial charge in [-0.25, -0.2) is 4.79 Å². The second kappa shape index (κ2) is 31.7. The van der Waals surface area contributed by atoms with Crippen LogP contribution in [0.25, 0.3) is 0 Å². The smallest absolute Gasteiger partial charge is 0.326 e. The Labute approximate surface area is 391 Å². The molecule has 8 amide bonds. The third kappa shape index (κ3) is 23.3. The molecule has 0 heterocycles. The molecule has 0 radical (unpaired) electrons. The van der Waals surface area contributed by atoms with Crippen molar-refractivity contribution in [2.75, 3.05) is 13.1 Å². The van der Waals surface area contributed by atoms with Gasteiger partial charge in [0.1, 0.15) is 42.3 Å². The van der Waals surface area contributed by atoms with E-state index < -0.39 is 145 Å². The molecule has 0 aromatic heterocycles. The summed E-state index contributed by atoms with van der Waals surface area (Å²) in [5, 5.41) is 36.7. The van der Waals surface area contributed by atoms with E-state index in [0.29, 0.717) is 45.1 Å². The third-order valence-electron chi connectivity index (χ3n) is 11.3. The molecule has 0 bridgehead atoms. The lowest BCUT2D eigenvalue weighted by Crippen LogP contribution is -2.61. The highest BCUT2D eigenvalue weighted by Gasteiger charge is 2.37. The topological polar surface area (TPSA) is 438 Å². The molecule has 0 aliphatic heterocycles. The fourth-order valence-corrected chi connectivity index (χ4v) is 6.41. The number of carboxylic acid groups (broad SMARTS) is 2. The summed E-state index contributed by atoms with van der Waals surface area (Å²) in [4.78, 5) is 134. The molecule has 0 fully saturated rings. The van der Waals surface area contributed by atoms with Gasteiger partial charge in [0.25, 0.3) is 0 Å². The van der Waals surface area contributed by atoms with Crippen LogP contribution in [0, 0.1) is 17.8 Å². The van der Waals surface area contributed by atoms with Crippen LogP contribution in [0.2, 0.25) is 0 Å². The Bertz CT molecular complexity index is 1710. The van der Waals surface area contributed by atoms with Crippen LogP contribution in [-0.4, -0.2) is 137 Å². The van der Waals surface area contributed by atoms with Crippen molar-refractivity contribution in [3.8, 4) is 0 Å². The van der Waals surface area contributed by atoms with E-state index in [1.165, 1.54) is 6.92 Å². The van der Waals surface area contributed by atoms with Crippen molar-refractivity contribution in [3.05, 3.63) is 0 Å². The fraction of sp³-hybridized carbons (Fsp3) is 0.738. The van der Waals surface area contributed by atoms with Gasteiger partial charge in [0.05, 0.1) is 12.5 Å². The van der Waals surface area contributed by atoms with Crippen LogP contribution >= 0.6 is 0 Å². The number of carbonyl (C=O) groups excluding carboxylic acids is 8. The van der Waals surface area contributed by atoms with E-state index in [-0.39, 0.29) is 25.3 Å². The van der Waals surface area contributed by atoms with E-state index in [9.17, 15) is 58.2 Å². The Hall–Kier alpha value is -6.11. The number of nitrogens with two attached hydrogens (primary N) is 5. The molecule has 0 unspecified atom stereocenters. The maximum atomic E-state index is 13.9. The van der Waals surface area contributed by atoms with E-state index in [1.807, 2.05) is 0 Å². The second-order valence-corrected chi connectivity index (χ2v) is 16.8. The number of nitrogens with one attached hydrogen (secondary N) is 7. The summed E-state index contributed by atoms with van der Waals surface area (Å²) in [6, 6.07) is -10.7. The molecule has 0 saturated carbocycles. The van der Waals surface area contributed by atoms with Crippen LogP contribution < -0.4 is 65.9 Å². The molecule has 0 aliphatic rings. The predicted octanol–water partition coefficient (Wildman–Crippen LogP) is -3.13. The van der Waals surface area contributed by atoms with Crippen LogP contribution in [0.5, 0.6) is 0 Å². The van der Waals surface area contributed by atoms with Gasteiger partial charge in [-0.05, 0) is 69.7 Å². The van der Waals surface area contributed by atoms with Gasteiger partial charge >= 0.3 is 11.9 Å². The number of hydrogen-bond acceptors (Lipinski definition) is 13. The number of carbonyl (C=O) groups is 10. The van der Waals surface area contributed by atoms with Crippen molar-refractivity contribution >= 4 is 65.2 Å².